The molecule has 1 aromatic heterocycles. The number of hydrogen-bond donors (Lipinski definition) is 1. The first-order chi connectivity index (χ1) is 7.38. The van der Waals surface area contributed by atoms with Crippen molar-refractivity contribution < 1.29 is 0 Å². The summed E-state index contributed by atoms with van der Waals surface area (Å²) in [5.41, 5.74) is 1.40. The fraction of sp³-hybridized carbons (Fsp3) is 0.167. The molecule has 2 aromatic rings. The van der Waals surface area contributed by atoms with Crippen LogP contribution in [0.25, 0.3) is 0 Å². The zero-order valence-corrected chi connectivity index (χ0v) is 9.98. The maximum atomic E-state index is 5.50. The molecule has 0 aliphatic heterocycles. The SMILES string of the molecule is NSc1ccc(CCc2ccccc2)s1. The van der Waals surface area contributed by atoms with E-state index in [4.69, 9.17) is 5.14 Å². The minimum absolute atomic E-state index is 1.11. The van der Waals surface area contributed by atoms with Crippen LogP contribution in [0.1, 0.15) is 10.4 Å². The van der Waals surface area contributed by atoms with Gasteiger partial charge in [0.1, 0.15) is 0 Å². The Labute approximate surface area is 98.5 Å². The summed E-state index contributed by atoms with van der Waals surface area (Å²) in [5.74, 6) is 0. The van der Waals surface area contributed by atoms with Gasteiger partial charge in [-0.05, 0) is 42.5 Å². The van der Waals surface area contributed by atoms with Crippen molar-refractivity contribution in [2.24, 2.45) is 5.14 Å². The molecule has 0 fully saturated rings. The lowest BCUT2D eigenvalue weighted by atomic mass is 10.1. The van der Waals surface area contributed by atoms with E-state index < -0.39 is 0 Å². The topological polar surface area (TPSA) is 26.0 Å². The highest BCUT2D eigenvalue weighted by molar-refractivity contribution is 7.99. The Balaban J connectivity index is 1.93. The fourth-order valence-corrected chi connectivity index (χ4v) is 2.86. The quantitative estimate of drug-likeness (QED) is 0.821. The van der Waals surface area contributed by atoms with Gasteiger partial charge in [-0.25, -0.2) is 0 Å². The Morgan fingerprint density at radius 2 is 1.80 bits per heavy atom. The number of hydrogen-bond acceptors (Lipinski definition) is 3. The maximum Gasteiger partial charge on any atom is 0.0752 e. The summed E-state index contributed by atoms with van der Waals surface area (Å²) in [5, 5.41) is 5.50. The van der Waals surface area contributed by atoms with Gasteiger partial charge in [-0.15, -0.1) is 11.3 Å². The first-order valence-electron chi connectivity index (χ1n) is 4.88. The van der Waals surface area contributed by atoms with Crippen molar-refractivity contribution in [1.29, 1.82) is 0 Å². The van der Waals surface area contributed by atoms with Crippen LogP contribution >= 0.6 is 23.3 Å². The molecule has 15 heavy (non-hydrogen) atoms. The normalized spacial score (nSPS) is 10.5. The van der Waals surface area contributed by atoms with Gasteiger partial charge in [-0.1, -0.05) is 30.3 Å². The molecular formula is C12H13NS2. The highest BCUT2D eigenvalue weighted by atomic mass is 32.2. The molecular weight excluding hydrogens is 222 g/mol. The van der Waals surface area contributed by atoms with E-state index in [1.54, 1.807) is 11.3 Å². The van der Waals surface area contributed by atoms with E-state index in [0.29, 0.717) is 0 Å². The average Bonchev–Trinajstić information content (AvgIpc) is 2.76. The molecule has 2 rings (SSSR count). The lowest BCUT2D eigenvalue weighted by molar-refractivity contribution is 0.981. The summed E-state index contributed by atoms with van der Waals surface area (Å²) in [6.07, 6.45) is 2.21. The molecule has 0 spiro atoms. The number of aryl methyl sites for hydroxylation is 2. The molecule has 0 bridgehead atoms. The van der Waals surface area contributed by atoms with Crippen LogP contribution in [0.4, 0.5) is 0 Å². The van der Waals surface area contributed by atoms with Gasteiger partial charge in [-0.3, -0.25) is 5.14 Å². The van der Waals surface area contributed by atoms with Crippen molar-refractivity contribution in [1.82, 2.24) is 0 Å². The Hall–Kier alpha value is -0.770. The molecule has 0 aliphatic rings. The predicted molar refractivity (Wildman–Crippen MR) is 68.2 cm³/mol. The molecule has 0 saturated heterocycles. The number of nitrogens with two attached hydrogens (primary N) is 1. The molecule has 0 amide bonds. The minimum atomic E-state index is 1.11. The first-order valence-corrected chi connectivity index (χ1v) is 6.57. The Morgan fingerprint density at radius 1 is 1.00 bits per heavy atom. The first kappa shape index (κ1) is 10.7. The van der Waals surface area contributed by atoms with Crippen LogP contribution < -0.4 is 5.14 Å². The average molecular weight is 235 g/mol. The van der Waals surface area contributed by atoms with Crippen molar-refractivity contribution in [2.45, 2.75) is 17.1 Å². The van der Waals surface area contributed by atoms with E-state index in [-0.39, 0.29) is 0 Å². The zero-order valence-electron chi connectivity index (χ0n) is 8.35. The lowest BCUT2D eigenvalue weighted by Crippen LogP contribution is -1.87. The van der Waals surface area contributed by atoms with Gasteiger partial charge < -0.3 is 0 Å². The number of rotatable bonds is 4. The fourth-order valence-electron chi connectivity index (χ4n) is 1.47. The molecule has 1 heterocycles. The van der Waals surface area contributed by atoms with E-state index in [9.17, 15) is 0 Å². The molecule has 2 N–H and O–H groups in total. The maximum absolute atomic E-state index is 5.50. The van der Waals surface area contributed by atoms with Crippen LogP contribution in [-0.4, -0.2) is 0 Å². The summed E-state index contributed by atoms with van der Waals surface area (Å²) in [6, 6.07) is 14.8. The smallest absolute Gasteiger partial charge is 0.0752 e. The molecule has 0 atom stereocenters. The Kier molecular flexibility index (Phi) is 3.83. The van der Waals surface area contributed by atoms with Gasteiger partial charge in [0.25, 0.3) is 0 Å². The predicted octanol–water partition coefficient (Wildman–Crippen LogP) is 3.50. The van der Waals surface area contributed by atoms with Crippen LogP contribution in [0.5, 0.6) is 0 Å². The van der Waals surface area contributed by atoms with Gasteiger partial charge in [0.05, 0.1) is 4.21 Å². The summed E-state index contributed by atoms with van der Waals surface area (Å²) < 4.78 is 1.19. The third-order valence-electron chi connectivity index (χ3n) is 2.26. The Morgan fingerprint density at radius 3 is 2.47 bits per heavy atom. The van der Waals surface area contributed by atoms with Crippen molar-refractivity contribution in [3.8, 4) is 0 Å². The third kappa shape index (κ3) is 3.09. The molecule has 0 aliphatic carbocycles. The molecule has 0 saturated carbocycles. The van der Waals surface area contributed by atoms with Crippen LogP contribution in [-0.2, 0) is 12.8 Å². The van der Waals surface area contributed by atoms with Crippen LogP contribution in [0.15, 0.2) is 46.7 Å². The second-order valence-corrected chi connectivity index (χ2v) is 5.43. The van der Waals surface area contributed by atoms with Crippen molar-refractivity contribution >= 4 is 23.3 Å². The zero-order chi connectivity index (χ0) is 10.5. The van der Waals surface area contributed by atoms with Crippen LogP contribution in [0.3, 0.4) is 0 Å². The van der Waals surface area contributed by atoms with E-state index in [1.165, 1.54) is 26.6 Å². The van der Waals surface area contributed by atoms with Gasteiger partial charge in [0.2, 0.25) is 0 Å². The minimum Gasteiger partial charge on any atom is -0.273 e. The molecule has 78 valence electrons. The standard InChI is InChI=1S/C12H13NS2/c13-15-12-9-8-11(14-12)7-6-10-4-2-1-3-5-10/h1-5,8-9H,6-7,13H2. The molecule has 0 radical (unpaired) electrons. The van der Waals surface area contributed by atoms with E-state index in [0.717, 1.165) is 12.8 Å². The lowest BCUT2D eigenvalue weighted by Gasteiger charge is -1.98. The molecule has 0 unspecified atom stereocenters. The summed E-state index contributed by atoms with van der Waals surface area (Å²) in [7, 11) is 0. The Bertz CT molecular complexity index is 409. The van der Waals surface area contributed by atoms with E-state index in [2.05, 4.69) is 42.5 Å². The largest absolute Gasteiger partial charge is 0.273 e. The van der Waals surface area contributed by atoms with Gasteiger partial charge in [0, 0.05) is 4.88 Å². The van der Waals surface area contributed by atoms with Crippen LogP contribution in [0.2, 0.25) is 0 Å². The van der Waals surface area contributed by atoms with Crippen molar-refractivity contribution in [3.05, 3.63) is 52.9 Å². The molecule has 1 nitrogen and oxygen atoms in total. The highest BCUT2D eigenvalue weighted by Crippen LogP contribution is 2.24. The van der Waals surface area contributed by atoms with Gasteiger partial charge in [0.15, 0.2) is 0 Å². The number of benzene rings is 1. The summed E-state index contributed by atoms with van der Waals surface area (Å²) in [6.45, 7) is 0. The van der Waals surface area contributed by atoms with E-state index >= 15 is 0 Å². The van der Waals surface area contributed by atoms with Crippen molar-refractivity contribution in [3.63, 3.8) is 0 Å². The molecule has 3 heteroatoms. The monoisotopic (exact) mass is 235 g/mol. The van der Waals surface area contributed by atoms with Crippen LogP contribution in [0, 0.1) is 0 Å². The number of thiophene rings is 1. The van der Waals surface area contributed by atoms with Gasteiger partial charge >= 0.3 is 0 Å². The summed E-state index contributed by atoms with van der Waals surface area (Å²) in [4.78, 5) is 1.41. The van der Waals surface area contributed by atoms with Crippen molar-refractivity contribution in [2.75, 3.05) is 0 Å². The van der Waals surface area contributed by atoms with E-state index in [1.807, 2.05) is 0 Å². The van der Waals surface area contributed by atoms with Gasteiger partial charge in [-0.2, -0.15) is 0 Å². The second kappa shape index (κ2) is 5.35. The highest BCUT2D eigenvalue weighted by Gasteiger charge is 1.99. The second-order valence-electron chi connectivity index (χ2n) is 3.32. The third-order valence-corrected chi connectivity index (χ3v) is 4.10. The molecule has 1 aromatic carbocycles. The summed E-state index contributed by atoms with van der Waals surface area (Å²) >= 11 is 3.12.